The van der Waals surface area contributed by atoms with Gasteiger partial charge in [-0.1, -0.05) is 23.7 Å². The van der Waals surface area contributed by atoms with Gasteiger partial charge in [0.25, 0.3) is 0 Å². The SMILES string of the molecule is COC1CCC(NC(C)c2ccc(Cl)cc2)CC1. The van der Waals surface area contributed by atoms with Crippen LogP contribution in [0.1, 0.15) is 44.2 Å². The molecule has 1 aromatic carbocycles. The van der Waals surface area contributed by atoms with Gasteiger partial charge in [0.15, 0.2) is 0 Å². The minimum absolute atomic E-state index is 0.381. The number of hydrogen-bond donors (Lipinski definition) is 1. The van der Waals surface area contributed by atoms with Crippen LogP contribution < -0.4 is 5.32 Å². The van der Waals surface area contributed by atoms with Crippen molar-refractivity contribution in [2.45, 2.75) is 50.8 Å². The summed E-state index contributed by atoms with van der Waals surface area (Å²) in [4.78, 5) is 0. The van der Waals surface area contributed by atoms with Crippen molar-refractivity contribution in [2.75, 3.05) is 7.11 Å². The summed E-state index contributed by atoms with van der Waals surface area (Å²) in [5.74, 6) is 0. The normalized spacial score (nSPS) is 25.9. The summed E-state index contributed by atoms with van der Waals surface area (Å²) in [7, 11) is 1.81. The number of benzene rings is 1. The van der Waals surface area contributed by atoms with Crippen LogP contribution in [0, 0.1) is 0 Å². The minimum Gasteiger partial charge on any atom is -0.381 e. The number of halogens is 1. The van der Waals surface area contributed by atoms with Crippen molar-refractivity contribution in [1.29, 1.82) is 0 Å². The molecule has 0 bridgehead atoms. The smallest absolute Gasteiger partial charge is 0.0572 e. The predicted octanol–water partition coefficient (Wildman–Crippen LogP) is 3.95. The fraction of sp³-hybridized carbons (Fsp3) is 0.600. The number of ether oxygens (including phenoxy) is 1. The quantitative estimate of drug-likeness (QED) is 0.892. The maximum absolute atomic E-state index is 5.91. The standard InChI is InChI=1S/C15H22ClNO/c1-11(12-3-5-13(16)6-4-12)17-14-7-9-15(18-2)10-8-14/h3-6,11,14-15,17H,7-10H2,1-2H3. The molecule has 0 aliphatic heterocycles. The molecule has 1 aliphatic carbocycles. The van der Waals surface area contributed by atoms with E-state index in [9.17, 15) is 0 Å². The van der Waals surface area contributed by atoms with Crippen molar-refractivity contribution < 1.29 is 4.74 Å². The fourth-order valence-electron chi connectivity index (χ4n) is 2.67. The third-order valence-electron chi connectivity index (χ3n) is 3.86. The lowest BCUT2D eigenvalue weighted by atomic mass is 9.92. The first-order chi connectivity index (χ1) is 8.69. The van der Waals surface area contributed by atoms with E-state index in [2.05, 4.69) is 24.4 Å². The molecule has 1 fully saturated rings. The molecule has 3 heteroatoms. The molecule has 1 atom stereocenters. The molecule has 1 aromatic rings. The summed E-state index contributed by atoms with van der Waals surface area (Å²) in [6.45, 7) is 2.21. The lowest BCUT2D eigenvalue weighted by molar-refractivity contribution is 0.0614. The van der Waals surface area contributed by atoms with Crippen molar-refractivity contribution >= 4 is 11.6 Å². The molecule has 0 amide bonds. The van der Waals surface area contributed by atoms with Gasteiger partial charge >= 0.3 is 0 Å². The second kappa shape index (κ2) is 6.55. The second-order valence-electron chi connectivity index (χ2n) is 5.15. The average molecular weight is 268 g/mol. The molecule has 1 unspecified atom stereocenters. The van der Waals surface area contributed by atoms with Crippen LogP contribution in [0.15, 0.2) is 24.3 Å². The Balaban J connectivity index is 1.84. The van der Waals surface area contributed by atoms with Crippen molar-refractivity contribution in [3.63, 3.8) is 0 Å². The van der Waals surface area contributed by atoms with Crippen molar-refractivity contribution in [3.05, 3.63) is 34.9 Å². The van der Waals surface area contributed by atoms with Crippen LogP contribution in [0.2, 0.25) is 5.02 Å². The monoisotopic (exact) mass is 267 g/mol. The van der Waals surface area contributed by atoms with Crippen molar-refractivity contribution in [3.8, 4) is 0 Å². The average Bonchev–Trinajstić information content (AvgIpc) is 2.40. The Hall–Kier alpha value is -0.570. The molecule has 1 saturated carbocycles. The van der Waals surface area contributed by atoms with Crippen LogP contribution in [-0.4, -0.2) is 19.3 Å². The molecule has 2 rings (SSSR count). The highest BCUT2D eigenvalue weighted by Crippen LogP contribution is 2.24. The molecular weight excluding hydrogens is 246 g/mol. The van der Waals surface area contributed by atoms with E-state index in [-0.39, 0.29) is 0 Å². The van der Waals surface area contributed by atoms with Crippen LogP contribution in [0.3, 0.4) is 0 Å². The van der Waals surface area contributed by atoms with Gasteiger partial charge < -0.3 is 10.1 Å². The topological polar surface area (TPSA) is 21.3 Å². The van der Waals surface area contributed by atoms with E-state index < -0.39 is 0 Å². The van der Waals surface area contributed by atoms with Crippen LogP contribution in [-0.2, 0) is 4.74 Å². The molecule has 0 heterocycles. The summed E-state index contributed by atoms with van der Waals surface area (Å²) in [5.41, 5.74) is 1.30. The minimum atomic E-state index is 0.381. The van der Waals surface area contributed by atoms with Crippen LogP contribution in [0.5, 0.6) is 0 Å². The van der Waals surface area contributed by atoms with Gasteiger partial charge in [0.1, 0.15) is 0 Å². The molecule has 0 spiro atoms. The zero-order chi connectivity index (χ0) is 13.0. The van der Waals surface area contributed by atoms with E-state index in [4.69, 9.17) is 16.3 Å². The van der Waals surface area contributed by atoms with Crippen LogP contribution in [0.25, 0.3) is 0 Å². The third-order valence-corrected chi connectivity index (χ3v) is 4.12. The Labute approximate surface area is 115 Å². The van der Waals surface area contributed by atoms with E-state index in [1.165, 1.54) is 31.2 Å². The molecule has 100 valence electrons. The summed E-state index contributed by atoms with van der Waals surface area (Å²) < 4.78 is 5.40. The van der Waals surface area contributed by atoms with Crippen molar-refractivity contribution in [2.24, 2.45) is 0 Å². The van der Waals surface area contributed by atoms with Gasteiger partial charge in [0.2, 0.25) is 0 Å². The molecular formula is C15H22ClNO. The number of nitrogens with one attached hydrogen (secondary N) is 1. The fourth-order valence-corrected chi connectivity index (χ4v) is 2.79. The van der Waals surface area contributed by atoms with Crippen LogP contribution in [0.4, 0.5) is 0 Å². The number of methoxy groups -OCH3 is 1. The maximum Gasteiger partial charge on any atom is 0.0572 e. The summed E-state index contributed by atoms with van der Waals surface area (Å²) in [5, 5.41) is 4.50. The van der Waals surface area contributed by atoms with Gasteiger partial charge in [0.05, 0.1) is 6.10 Å². The maximum atomic E-state index is 5.91. The Bertz CT molecular complexity index is 357. The van der Waals surface area contributed by atoms with Gasteiger partial charge in [-0.25, -0.2) is 0 Å². The Morgan fingerprint density at radius 3 is 2.33 bits per heavy atom. The van der Waals surface area contributed by atoms with Crippen LogP contribution >= 0.6 is 11.6 Å². The highest BCUT2D eigenvalue weighted by Gasteiger charge is 2.21. The van der Waals surface area contributed by atoms with E-state index in [0.717, 1.165) is 5.02 Å². The Kier molecular flexibility index (Phi) is 5.04. The Morgan fingerprint density at radius 1 is 1.17 bits per heavy atom. The molecule has 0 radical (unpaired) electrons. The molecule has 18 heavy (non-hydrogen) atoms. The summed E-state index contributed by atoms with van der Waals surface area (Å²) >= 11 is 5.91. The van der Waals surface area contributed by atoms with Gasteiger partial charge in [-0.3, -0.25) is 0 Å². The number of hydrogen-bond acceptors (Lipinski definition) is 2. The lowest BCUT2D eigenvalue weighted by Gasteiger charge is -2.30. The van der Waals surface area contributed by atoms with Gasteiger partial charge in [0, 0.05) is 24.2 Å². The van der Waals surface area contributed by atoms with E-state index in [1.807, 2.05) is 19.2 Å². The molecule has 1 N–H and O–H groups in total. The van der Waals surface area contributed by atoms with Gasteiger partial charge in [-0.05, 0) is 50.3 Å². The van der Waals surface area contributed by atoms with Crippen molar-refractivity contribution in [1.82, 2.24) is 5.32 Å². The van der Waals surface area contributed by atoms with E-state index in [0.29, 0.717) is 18.2 Å². The summed E-state index contributed by atoms with van der Waals surface area (Å²) in [6.07, 6.45) is 5.21. The third kappa shape index (κ3) is 3.71. The largest absolute Gasteiger partial charge is 0.381 e. The van der Waals surface area contributed by atoms with E-state index in [1.54, 1.807) is 0 Å². The lowest BCUT2D eigenvalue weighted by Crippen LogP contribution is -2.36. The first kappa shape index (κ1) is 13.9. The first-order valence-electron chi connectivity index (χ1n) is 6.73. The number of rotatable bonds is 4. The zero-order valence-electron chi connectivity index (χ0n) is 11.2. The van der Waals surface area contributed by atoms with Gasteiger partial charge in [-0.15, -0.1) is 0 Å². The highest BCUT2D eigenvalue weighted by molar-refractivity contribution is 6.30. The highest BCUT2D eigenvalue weighted by atomic mass is 35.5. The predicted molar refractivity (Wildman–Crippen MR) is 76.1 cm³/mol. The van der Waals surface area contributed by atoms with E-state index >= 15 is 0 Å². The molecule has 0 saturated heterocycles. The molecule has 0 aromatic heterocycles. The molecule has 2 nitrogen and oxygen atoms in total. The zero-order valence-corrected chi connectivity index (χ0v) is 11.9. The summed E-state index contributed by atoms with van der Waals surface area (Å²) in [6, 6.07) is 9.10. The Morgan fingerprint density at radius 2 is 1.78 bits per heavy atom. The first-order valence-corrected chi connectivity index (χ1v) is 7.11. The second-order valence-corrected chi connectivity index (χ2v) is 5.59. The molecule has 1 aliphatic rings. The van der Waals surface area contributed by atoms with Gasteiger partial charge in [-0.2, -0.15) is 0 Å².